The maximum Gasteiger partial charge on any atom is 0.321 e. The first-order valence-corrected chi connectivity index (χ1v) is 17.9. The first kappa shape index (κ1) is 26.8. The quantitative estimate of drug-likeness (QED) is 0.151. The number of hydrogen-bond acceptors (Lipinski definition) is 3. The number of benzene rings is 6. The van der Waals surface area contributed by atoms with E-state index in [2.05, 4.69) is 189 Å². The predicted octanol–water partition coefficient (Wildman–Crippen LogP) is 10.5. The first-order chi connectivity index (χ1) is 25.8. The molecule has 1 spiro atoms. The van der Waals surface area contributed by atoms with E-state index in [4.69, 9.17) is 4.74 Å². The molecule has 5 aliphatic rings. The third kappa shape index (κ3) is 2.93. The minimum Gasteiger partial charge on any atom is -0.456 e. The maximum absolute atomic E-state index is 7.13. The van der Waals surface area contributed by atoms with Gasteiger partial charge in [0.1, 0.15) is 39.7 Å². The smallest absolute Gasteiger partial charge is 0.321 e. The lowest BCUT2D eigenvalue weighted by Gasteiger charge is -2.46. The molecule has 8 aromatic rings. The van der Waals surface area contributed by atoms with Gasteiger partial charge in [0.2, 0.25) is 0 Å². The molecule has 0 fully saturated rings. The van der Waals surface area contributed by atoms with Crippen molar-refractivity contribution in [3.63, 3.8) is 0 Å². The van der Waals surface area contributed by atoms with E-state index in [9.17, 15) is 0 Å². The normalized spacial score (nSPS) is 16.6. The van der Waals surface area contributed by atoms with E-state index >= 15 is 0 Å². The molecule has 2 aromatic heterocycles. The van der Waals surface area contributed by atoms with Crippen LogP contribution in [0.15, 0.2) is 170 Å². The molecule has 6 aromatic carbocycles. The Bertz CT molecular complexity index is 2890. The van der Waals surface area contributed by atoms with E-state index in [1.807, 2.05) is 0 Å². The summed E-state index contributed by atoms with van der Waals surface area (Å²) >= 11 is 0. The van der Waals surface area contributed by atoms with E-state index in [1.54, 1.807) is 0 Å². The van der Waals surface area contributed by atoms with Crippen LogP contribution < -0.4 is 23.7 Å². The Morgan fingerprint density at radius 3 is 1.69 bits per heavy atom. The van der Waals surface area contributed by atoms with Crippen molar-refractivity contribution >= 4 is 34.4 Å². The number of hydrogen-bond donors (Lipinski definition) is 0. The highest BCUT2D eigenvalue weighted by Gasteiger charge is 2.67. The molecule has 0 saturated carbocycles. The number of ether oxygens (including phenoxy) is 1. The zero-order valence-corrected chi connectivity index (χ0v) is 27.9. The summed E-state index contributed by atoms with van der Waals surface area (Å²) in [4.78, 5) is 4.95. The van der Waals surface area contributed by atoms with Crippen molar-refractivity contribution < 1.29 is 13.9 Å². The maximum atomic E-state index is 7.13. The highest BCUT2D eigenvalue weighted by molar-refractivity contribution is 6.06. The number of aromatic nitrogens is 2. The van der Waals surface area contributed by atoms with Gasteiger partial charge in [-0.05, 0) is 76.9 Å². The molecule has 5 heteroatoms. The molecule has 0 amide bonds. The molecule has 5 nitrogen and oxygen atoms in total. The topological polar surface area (TPSA) is 23.5 Å². The lowest BCUT2D eigenvalue weighted by molar-refractivity contribution is -0.962. The van der Waals surface area contributed by atoms with Gasteiger partial charge in [-0.25, -0.2) is 0 Å². The van der Waals surface area contributed by atoms with Crippen LogP contribution in [0, 0.1) is 0 Å². The summed E-state index contributed by atoms with van der Waals surface area (Å²) in [5, 5.41) is 0. The number of rotatable bonds is 0. The molecule has 1 atom stereocenters. The van der Waals surface area contributed by atoms with Gasteiger partial charge in [0.15, 0.2) is 5.69 Å². The van der Waals surface area contributed by atoms with E-state index in [-0.39, 0.29) is 0 Å². The Morgan fingerprint density at radius 2 is 0.942 bits per heavy atom. The Labute approximate surface area is 300 Å². The van der Waals surface area contributed by atoms with Gasteiger partial charge in [-0.1, -0.05) is 97.1 Å². The molecule has 5 aliphatic heterocycles. The summed E-state index contributed by atoms with van der Waals surface area (Å²) in [6.45, 7) is 0. The molecule has 13 rings (SSSR count). The van der Waals surface area contributed by atoms with Crippen LogP contribution in [0.1, 0.15) is 11.1 Å². The van der Waals surface area contributed by atoms with Gasteiger partial charge in [0, 0.05) is 22.8 Å². The Morgan fingerprint density at radius 1 is 0.385 bits per heavy atom. The highest BCUT2D eigenvalue weighted by Crippen LogP contribution is 2.64. The zero-order chi connectivity index (χ0) is 33.7. The van der Waals surface area contributed by atoms with Crippen molar-refractivity contribution in [1.82, 2.24) is 0 Å². The summed E-state index contributed by atoms with van der Waals surface area (Å²) < 4.78 is 12.2. The fourth-order valence-corrected chi connectivity index (χ4v) is 9.93. The van der Waals surface area contributed by atoms with E-state index in [0.29, 0.717) is 0 Å². The Balaban J connectivity index is 1.27. The van der Waals surface area contributed by atoms with Gasteiger partial charge >= 0.3 is 5.66 Å². The first-order valence-electron chi connectivity index (χ1n) is 17.9. The lowest BCUT2D eigenvalue weighted by Crippen LogP contribution is -2.79. The summed E-state index contributed by atoms with van der Waals surface area (Å²) in [7, 11) is 0. The summed E-state index contributed by atoms with van der Waals surface area (Å²) in [6.07, 6.45) is 4.55. The molecule has 7 heterocycles. The minimum atomic E-state index is -0.831. The van der Waals surface area contributed by atoms with Crippen LogP contribution in [-0.2, 0) is 5.66 Å². The molecule has 240 valence electrons. The van der Waals surface area contributed by atoms with Crippen molar-refractivity contribution in [2.24, 2.45) is 0 Å². The van der Waals surface area contributed by atoms with Crippen molar-refractivity contribution in [2.75, 3.05) is 9.80 Å². The fourth-order valence-electron chi connectivity index (χ4n) is 9.93. The van der Waals surface area contributed by atoms with Crippen LogP contribution in [0.25, 0.3) is 44.5 Å². The number of para-hydroxylation sites is 2. The number of fused-ring (bicyclic) bond motifs is 13. The van der Waals surface area contributed by atoms with Gasteiger partial charge in [-0.15, -0.1) is 0 Å². The van der Waals surface area contributed by atoms with Crippen LogP contribution >= 0.6 is 0 Å². The molecule has 1 unspecified atom stereocenters. The lowest BCUT2D eigenvalue weighted by atomic mass is 9.78. The van der Waals surface area contributed by atoms with Crippen LogP contribution in [0.3, 0.4) is 0 Å². The molecular formula is C47H28N4O+2. The van der Waals surface area contributed by atoms with Crippen LogP contribution in [0.2, 0.25) is 0 Å². The average molecular weight is 665 g/mol. The fraction of sp³-hybridized carbons (Fsp3) is 0.0213. The molecule has 0 saturated heterocycles. The Kier molecular flexibility index (Phi) is 4.76. The monoisotopic (exact) mass is 664 g/mol. The SMILES string of the molecule is c1ccc2c(c1)-c1ccccc1N1c3c-2ccc2c3C3(c4c(cccc4N4c5ccccc5-c5ccccc5-c5ccc[n+]3c54)O2)[n+]2ccccc21. The number of anilines is 6. The molecule has 0 bridgehead atoms. The second-order valence-corrected chi connectivity index (χ2v) is 14.1. The van der Waals surface area contributed by atoms with E-state index < -0.39 is 5.66 Å². The van der Waals surface area contributed by atoms with Crippen molar-refractivity contribution in [2.45, 2.75) is 5.66 Å². The van der Waals surface area contributed by atoms with Crippen molar-refractivity contribution in [3.05, 3.63) is 181 Å². The van der Waals surface area contributed by atoms with E-state index in [0.717, 1.165) is 57.0 Å². The van der Waals surface area contributed by atoms with Gasteiger partial charge < -0.3 is 4.74 Å². The average Bonchev–Trinajstić information content (AvgIpc) is 3.42. The number of pyridine rings is 2. The van der Waals surface area contributed by atoms with Gasteiger partial charge in [-0.3, -0.25) is 0 Å². The largest absolute Gasteiger partial charge is 0.456 e. The molecule has 0 aliphatic carbocycles. The highest BCUT2D eigenvalue weighted by atomic mass is 16.5. The third-order valence-corrected chi connectivity index (χ3v) is 11.8. The number of nitrogens with zero attached hydrogens (tertiary/aromatic N) is 4. The Hall–Kier alpha value is -6.98. The van der Waals surface area contributed by atoms with Crippen LogP contribution in [0.5, 0.6) is 11.5 Å². The summed E-state index contributed by atoms with van der Waals surface area (Å²) in [6, 6.07) is 57.5. The minimum absolute atomic E-state index is 0.831. The van der Waals surface area contributed by atoms with Gasteiger partial charge in [0.25, 0.3) is 11.6 Å². The zero-order valence-electron chi connectivity index (χ0n) is 27.9. The van der Waals surface area contributed by atoms with Crippen molar-refractivity contribution in [1.29, 1.82) is 0 Å². The van der Waals surface area contributed by atoms with Crippen LogP contribution in [0.4, 0.5) is 34.4 Å². The molecule has 52 heavy (non-hydrogen) atoms. The second kappa shape index (κ2) is 9.22. The van der Waals surface area contributed by atoms with Gasteiger partial charge in [-0.2, -0.15) is 18.9 Å². The molecule has 0 N–H and O–H groups in total. The standard InChI is InChI=1S/C47H28N4O/c1-3-15-31-29(13-1)34-18-6-8-21-38(34)51-42-24-9-10-27-48(42)47-43-39(22-11-23-40(43)52-41-26-25-35(31)45(51)44(41)47)50-37-20-7-5-17-33(37)30-14-2-4-16-32(30)36-19-12-28-49(47)46(36)50/h1-28H/q+2. The summed E-state index contributed by atoms with van der Waals surface area (Å²) in [5.41, 5.74) is 15.6. The van der Waals surface area contributed by atoms with Crippen LogP contribution in [-0.4, -0.2) is 0 Å². The van der Waals surface area contributed by atoms with Crippen molar-refractivity contribution in [3.8, 4) is 56.0 Å². The van der Waals surface area contributed by atoms with E-state index in [1.165, 1.54) is 44.5 Å². The molecule has 0 radical (unpaired) electrons. The third-order valence-electron chi connectivity index (χ3n) is 11.8. The predicted molar refractivity (Wildman–Crippen MR) is 203 cm³/mol. The summed E-state index contributed by atoms with van der Waals surface area (Å²) in [5.74, 6) is 3.93. The van der Waals surface area contributed by atoms with Gasteiger partial charge in [0.05, 0.1) is 18.0 Å². The second-order valence-electron chi connectivity index (χ2n) is 14.1. The molecular weight excluding hydrogens is 637 g/mol.